The van der Waals surface area contributed by atoms with Gasteiger partial charge in [0.25, 0.3) is 0 Å². The van der Waals surface area contributed by atoms with Gasteiger partial charge in [0.15, 0.2) is 0 Å². The maximum absolute atomic E-state index is 12.4. The fraction of sp³-hybridized carbons (Fsp3) is 1.00. The molecule has 18 heavy (non-hydrogen) atoms. The van der Waals surface area contributed by atoms with Crippen LogP contribution < -0.4 is 10.0 Å². The zero-order chi connectivity index (χ0) is 13.4. The number of piperidine rings is 1. The lowest BCUT2D eigenvalue weighted by atomic mass is 9.67. The van der Waals surface area contributed by atoms with Gasteiger partial charge in [0.1, 0.15) is 4.75 Å². The lowest BCUT2D eigenvalue weighted by Gasteiger charge is -2.47. The average Bonchev–Trinajstić information content (AvgIpc) is 2.56. The summed E-state index contributed by atoms with van der Waals surface area (Å²) in [7, 11) is 0. The van der Waals surface area contributed by atoms with Crippen molar-refractivity contribution in [3.05, 3.63) is 0 Å². The lowest BCUT2D eigenvalue weighted by Crippen LogP contribution is -2.60. The first kappa shape index (κ1) is 14.6. The van der Waals surface area contributed by atoms with Crippen LogP contribution in [0.1, 0.15) is 59.8 Å². The van der Waals surface area contributed by atoms with Gasteiger partial charge in [-0.1, -0.05) is 6.42 Å². The van der Waals surface area contributed by atoms with E-state index in [0.717, 1.165) is 19.5 Å². The molecule has 0 radical (unpaired) electrons. The van der Waals surface area contributed by atoms with Crippen LogP contribution in [0.15, 0.2) is 0 Å². The standard InChI is InChI=1S/C14H28N2OS/c1-12(2,3)18(17)16-13(4)6-5-7-14(13)8-10-15-11-9-14/h15-16H,5-11H2,1-4H3. The zero-order valence-corrected chi connectivity index (χ0v) is 13.1. The molecule has 2 unspecified atom stereocenters. The van der Waals surface area contributed by atoms with Gasteiger partial charge in [-0.2, -0.15) is 0 Å². The molecule has 106 valence electrons. The molecular weight excluding hydrogens is 244 g/mol. The Hall–Kier alpha value is 0.230. The SMILES string of the molecule is CC(C)(C)[S+]([O-])NC1(C)CCCC12CCNCC2. The Kier molecular flexibility index (Phi) is 4.04. The van der Waals surface area contributed by atoms with Crippen molar-refractivity contribution in [2.24, 2.45) is 5.41 Å². The first-order valence-electron chi connectivity index (χ1n) is 7.20. The summed E-state index contributed by atoms with van der Waals surface area (Å²) in [5.41, 5.74) is 0.409. The molecular formula is C14H28N2OS. The molecule has 2 aliphatic rings. The minimum Gasteiger partial charge on any atom is -0.598 e. The molecule has 1 spiro atoms. The normalized spacial score (nSPS) is 33.8. The Bertz CT molecular complexity index is 297. The maximum Gasteiger partial charge on any atom is 0.136 e. The van der Waals surface area contributed by atoms with Crippen LogP contribution in [0.4, 0.5) is 0 Å². The lowest BCUT2D eigenvalue weighted by molar-refractivity contribution is 0.107. The summed E-state index contributed by atoms with van der Waals surface area (Å²) in [6.07, 6.45) is 6.16. The second-order valence-electron chi connectivity index (χ2n) is 7.20. The molecule has 4 heteroatoms. The Morgan fingerprint density at radius 2 is 1.72 bits per heavy atom. The van der Waals surface area contributed by atoms with Gasteiger partial charge in [-0.25, -0.2) is 0 Å². The molecule has 0 amide bonds. The first-order valence-corrected chi connectivity index (χ1v) is 8.35. The Labute approximate surface area is 115 Å². The summed E-state index contributed by atoms with van der Waals surface area (Å²) in [4.78, 5) is 0. The van der Waals surface area contributed by atoms with Crippen molar-refractivity contribution in [2.45, 2.75) is 70.1 Å². The summed E-state index contributed by atoms with van der Waals surface area (Å²) >= 11 is -0.965. The van der Waals surface area contributed by atoms with Crippen molar-refractivity contribution in [1.29, 1.82) is 0 Å². The van der Waals surface area contributed by atoms with Gasteiger partial charge in [-0.3, -0.25) is 0 Å². The number of hydrogen-bond donors (Lipinski definition) is 2. The van der Waals surface area contributed by atoms with Crippen LogP contribution in [0.2, 0.25) is 0 Å². The van der Waals surface area contributed by atoms with Crippen molar-refractivity contribution < 1.29 is 4.55 Å². The van der Waals surface area contributed by atoms with Crippen molar-refractivity contribution in [3.63, 3.8) is 0 Å². The third-order valence-corrected chi connectivity index (χ3v) is 6.69. The highest BCUT2D eigenvalue weighted by Crippen LogP contribution is 2.52. The number of nitrogens with one attached hydrogen (secondary N) is 2. The molecule has 1 saturated carbocycles. The van der Waals surface area contributed by atoms with Crippen LogP contribution in [-0.2, 0) is 11.4 Å². The molecule has 1 aliphatic carbocycles. The Morgan fingerprint density at radius 3 is 2.28 bits per heavy atom. The molecule has 2 atom stereocenters. The fourth-order valence-corrected chi connectivity index (χ4v) is 4.58. The highest BCUT2D eigenvalue weighted by molar-refractivity contribution is 7.90. The minimum absolute atomic E-state index is 0.0489. The first-order chi connectivity index (χ1) is 8.29. The second-order valence-corrected chi connectivity index (χ2v) is 9.17. The van der Waals surface area contributed by atoms with E-state index in [9.17, 15) is 4.55 Å². The zero-order valence-electron chi connectivity index (χ0n) is 12.3. The van der Waals surface area contributed by atoms with Crippen LogP contribution in [0.5, 0.6) is 0 Å². The van der Waals surface area contributed by atoms with E-state index in [1.54, 1.807) is 0 Å². The summed E-state index contributed by atoms with van der Waals surface area (Å²) < 4.78 is 15.8. The highest BCUT2D eigenvalue weighted by atomic mass is 32.2. The Morgan fingerprint density at radius 1 is 1.11 bits per heavy atom. The van der Waals surface area contributed by atoms with Gasteiger partial charge >= 0.3 is 0 Å². The van der Waals surface area contributed by atoms with E-state index >= 15 is 0 Å². The van der Waals surface area contributed by atoms with E-state index < -0.39 is 11.4 Å². The van der Waals surface area contributed by atoms with Gasteiger partial charge in [0.05, 0.1) is 5.54 Å². The largest absolute Gasteiger partial charge is 0.598 e. The smallest absolute Gasteiger partial charge is 0.136 e. The van der Waals surface area contributed by atoms with E-state index in [-0.39, 0.29) is 10.3 Å². The van der Waals surface area contributed by atoms with Gasteiger partial charge in [-0.15, -0.1) is 4.72 Å². The van der Waals surface area contributed by atoms with Crippen LogP contribution >= 0.6 is 0 Å². The van der Waals surface area contributed by atoms with Crippen molar-refractivity contribution in [3.8, 4) is 0 Å². The van der Waals surface area contributed by atoms with Crippen LogP contribution in [-0.4, -0.2) is 27.9 Å². The van der Waals surface area contributed by atoms with Crippen molar-refractivity contribution >= 4 is 11.4 Å². The molecule has 1 aliphatic heterocycles. The summed E-state index contributed by atoms with van der Waals surface area (Å²) in [5.74, 6) is 0. The molecule has 1 saturated heterocycles. The van der Waals surface area contributed by atoms with Crippen LogP contribution in [0, 0.1) is 5.41 Å². The van der Waals surface area contributed by atoms with E-state index in [1.807, 2.05) is 20.8 Å². The van der Waals surface area contributed by atoms with E-state index in [2.05, 4.69) is 17.0 Å². The van der Waals surface area contributed by atoms with Gasteiger partial charge in [0.2, 0.25) is 0 Å². The predicted octanol–water partition coefficient (Wildman–Crippen LogP) is 2.35. The van der Waals surface area contributed by atoms with Gasteiger partial charge < -0.3 is 9.87 Å². The average molecular weight is 272 g/mol. The van der Waals surface area contributed by atoms with E-state index in [1.165, 1.54) is 25.7 Å². The fourth-order valence-electron chi connectivity index (χ4n) is 3.55. The molecule has 0 aromatic rings. The van der Waals surface area contributed by atoms with Crippen molar-refractivity contribution in [1.82, 2.24) is 10.0 Å². The molecule has 1 heterocycles. The van der Waals surface area contributed by atoms with Crippen molar-refractivity contribution in [2.75, 3.05) is 13.1 Å². The van der Waals surface area contributed by atoms with Crippen LogP contribution in [0.3, 0.4) is 0 Å². The predicted molar refractivity (Wildman–Crippen MR) is 77.8 cm³/mol. The topological polar surface area (TPSA) is 47.1 Å². The molecule has 0 aromatic heterocycles. The molecule has 3 nitrogen and oxygen atoms in total. The third kappa shape index (κ3) is 2.58. The van der Waals surface area contributed by atoms with E-state index in [0.29, 0.717) is 5.41 Å². The number of hydrogen-bond acceptors (Lipinski definition) is 3. The van der Waals surface area contributed by atoms with E-state index in [4.69, 9.17) is 0 Å². The van der Waals surface area contributed by atoms with Gasteiger partial charge in [-0.05, 0) is 71.9 Å². The summed E-state index contributed by atoms with van der Waals surface area (Å²) in [6.45, 7) is 10.7. The minimum atomic E-state index is -0.965. The molecule has 2 N–H and O–H groups in total. The third-order valence-electron chi connectivity index (χ3n) is 4.94. The second kappa shape index (κ2) is 4.97. The quantitative estimate of drug-likeness (QED) is 0.759. The monoisotopic (exact) mass is 272 g/mol. The van der Waals surface area contributed by atoms with Crippen LogP contribution in [0.25, 0.3) is 0 Å². The van der Waals surface area contributed by atoms with Gasteiger partial charge in [0, 0.05) is 11.4 Å². The number of rotatable bonds is 2. The summed E-state index contributed by atoms with van der Waals surface area (Å²) in [5, 5.41) is 3.45. The summed E-state index contributed by atoms with van der Waals surface area (Å²) in [6, 6.07) is 0. The molecule has 2 rings (SSSR count). The maximum atomic E-state index is 12.4. The highest BCUT2D eigenvalue weighted by Gasteiger charge is 2.54. The molecule has 2 fully saturated rings. The Balaban J connectivity index is 2.13. The molecule has 0 bridgehead atoms. The molecule has 0 aromatic carbocycles.